The predicted molar refractivity (Wildman–Crippen MR) is 150 cm³/mol. The van der Waals surface area contributed by atoms with Crippen molar-refractivity contribution in [2.45, 2.75) is 25.4 Å². The molecule has 2 atom stereocenters. The summed E-state index contributed by atoms with van der Waals surface area (Å²) >= 11 is 1.63. The smallest absolute Gasteiger partial charge is 0.309 e. The highest BCUT2D eigenvalue weighted by Gasteiger charge is 2.32. The van der Waals surface area contributed by atoms with E-state index in [-0.39, 0.29) is 17.9 Å². The molecule has 2 aromatic carbocycles. The van der Waals surface area contributed by atoms with Crippen molar-refractivity contribution >= 4 is 39.7 Å². The minimum absolute atomic E-state index is 0.0826. The van der Waals surface area contributed by atoms with E-state index < -0.39 is 11.8 Å². The van der Waals surface area contributed by atoms with Crippen LogP contribution in [0.25, 0.3) is 10.9 Å². The zero-order chi connectivity index (χ0) is 26.5. The molecule has 0 spiro atoms. The van der Waals surface area contributed by atoms with E-state index in [1.165, 1.54) is 6.07 Å². The lowest BCUT2D eigenvalue weighted by Gasteiger charge is -2.42. The zero-order valence-corrected chi connectivity index (χ0v) is 22.1. The number of aromatic nitrogens is 1. The predicted octanol–water partition coefficient (Wildman–Crippen LogP) is 4.10. The number of nitrogens with zero attached hydrogens (tertiary/aromatic N) is 2. The van der Waals surface area contributed by atoms with Gasteiger partial charge in [-0.1, -0.05) is 36.4 Å². The number of amides is 2. The van der Waals surface area contributed by atoms with Crippen LogP contribution in [0.2, 0.25) is 0 Å². The van der Waals surface area contributed by atoms with Crippen LogP contribution in [0.1, 0.15) is 23.4 Å². The number of benzene rings is 2. The maximum absolute atomic E-state index is 14.3. The van der Waals surface area contributed by atoms with Gasteiger partial charge in [-0.15, -0.1) is 11.3 Å². The Kier molecular flexibility index (Phi) is 8.05. The fraction of sp³-hybridized carbons (Fsp3) is 0.310. The number of nitrogens with one attached hydrogen (secondary N) is 3. The van der Waals surface area contributed by atoms with Crippen LogP contribution in [-0.2, 0) is 16.0 Å². The van der Waals surface area contributed by atoms with E-state index in [1.807, 2.05) is 61.0 Å². The number of rotatable bonds is 8. The monoisotopic (exact) mass is 533 g/mol. The molecule has 9 heteroatoms. The molecule has 1 saturated heterocycles. The molecule has 0 aliphatic carbocycles. The van der Waals surface area contributed by atoms with Gasteiger partial charge >= 0.3 is 11.8 Å². The van der Waals surface area contributed by atoms with Gasteiger partial charge in [0.25, 0.3) is 0 Å². The Morgan fingerprint density at radius 3 is 2.53 bits per heavy atom. The first-order chi connectivity index (χ1) is 18.5. The molecule has 5 rings (SSSR count). The van der Waals surface area contributed by atoms with Gasteiger partial charge in [0.2, 0.25) is 0 Å². The van der Waals surface area contributed by atoms with Gasteiger partial charge in [0.15, 0.2) is 0 Å². The number of H-pyrrole nitrogens is 1. The molecule has 0 radical (unpaired) electrons. The van der Waals surface area contributed by atoms with E-state index in [0.29, 0.717) is 44.8 Å². The molecule has 3 N–H and O–H groups in total. The van der Waals surface area contributed by atoms with Gasteiger partial charge < -0.3 is 20.5 Å². The fourth-order valence-electron chi connectivity index (χ4n) is 5.23. The summed E-state index contributed by atoms with van der Waals surface area (Å²) in [5.74, 6) is -1.49. The molecular weight excluding hydrogens is 501 g/mol. The minimum atomic E-state index is -0.636. The van der Waals surface area contributed by atoms with Crippen LogP contribution in [0.15, 0.2) is 72.2 Å². The molecule has 1 aliphatic rings. The van der Waals surface area contributed by atoms with Crippen molar-refractivity contribution in [3.8, 4) is 0 Å². The van der Waals surface area contributed by atoms with E-state index in [0.717, 1.165) is 21.3 Å². The third kappa shape index (κ3) is 5.74. The van der Waals surface area contributed by atoms with Gasteiger partial charge in [0.05, 0.1) is 11.7 Å². The number of aromatic amines is 1. The summed E-state index contributed by atoms with van der Waals surface area (Å²) in [7, 11) is 0. The highest BCUT2D eigenvalue weighted by molar-refractivity contribution is 7.10. The molecule has 198 valence electrons. The van der Waals surface area contributed by atoms with Crippen LogP contribution in [0.5, 0.6) is 0 Å². The Hall–Kier alpha value is -3.69. The Bertz CT molecular complexity index is 1380. The van der Waals surface area contributed by atoms with Gasteiger partial charge in [-0.2, -0.15) is 0 Å². The summed E-state index contributed by atoms with van der Waals surface area (Å²) in [6.07, 6.45) is 2.57. The van der Waals surface area contributed by atoms with Gasteiger partial charge in [0.1, 0.15) is 5.82 Å². The molecule has 4 aromatic rings. The third-order valence-electron chi connectivity index (χ3n) is 7.13. The number of anilines is 1. The highest BCUT2D eigenvalue weighted by Crippen LogP contribution is 2.30. The van der Waals surface area contributed by atoms with Crippen LogP contribution >= 0.6 is 11.3 Å². The normalized spacial score (nSPS) is 15.8. The summed E-state index contributed by atoms with van der Waals surface area (Å²) in [6, 6.07) is 18.5. The molecule has 2 amide bonds. The molecule has 7 nitrogen and oxygen atoms in total. The summed E-state index contributed by atoms with van der Waals surface area (Å²) in [4.78, 5) is 34.1. The van der Waals surface area contributed by atoms with E-state index in [2.05, 4.69) is 31.5 Å². The van der Waals surface area contributed by atoms with Crippen molar-refractivity contribution in [1.82, 2.24) is 20.5 Å². The van der Waals surface area contributed by atoms with Crippen LogP contribution in [-0.4, -0.2) is 60.5 Å². The van der Waals surface area contributed by atoms with E-state index in [1.54, 1.807) is 17.4 Å². The molecule has 0 saturated carbocycles. The van der Waals surface area contributed by atoms with Crippen LogP contribution in [0, 0.1) is 5.82 Å². The van der Waals surface area contributed by atoms with E-state index >= 15 is 0 Å². The quantitative estimate of drug-likeness (QED) is 0.298. The number of fused-ring (bicyclic) bond motifs is 1. The molecule has 0 bridgehead atoms. The van der Waals surface area contributed by atoms with Crippen molar-refractivity contribution in [1.29, 1.82) is 0 Å². The Morgan fingerprint density at radius 2 is 1.76 bits per heavy atom. The molecule has 2 aromatic heterocycles. The highest BCUT2D eigenvalue weighted by atomic mass is 32.1. The van der Waals surface area contributed by atoms with Crippen molar-refractivity contribution in [3.63, 3.8) is 0 Å². The maximum atomic E-state index is 14.3. The first-order valence-electron chi connectivity index (χ1n) is 12.9. The molecule has 3 heterocycles. The average molecular weight is 534 g/mol. The summed E-state index contributed by atoms with van der Waals surface area (Å²) in [5, 5.41) is 8.82. The molecule has 1 fully saturated rings. The molecule has 0 unspecified atom stereocenters. The van der Waals surface area contributed by atoms with Crippen molar-refractivity contribution in [2.75, 3.05) is 37.6 Å². The van der Waals surface area contributed by atoms with Gasteiger partial charge in [-0.25, -0.2) is 4.39 Å². The van der Waals surface area contributed by atoms with E-state index in [9.17, 15) is 14.0 Å². The number of carbonyl (C=O) groups excluding carboxylic acids is 2. The number of para-hydroxylation sites is 2. The SMILES string of the molecule is C[C@H](NC(=O)C(=O)NCCc1c[nH]c2ccccc12)[C@H](c1cccs1)N1CCN(c2ccccc2F)CC1. The van der Waals surface area contributed by atoms with Gasteiger partial charge in [-0.05, 0) is 48.6 Å². The number of thiophene rings is 1. The standard InChI is InChI=1S/C29H32FN5O2S/c1-20(33-29(37)28(36)31-13-12-21-19-32-24-9-4-2-7-22(21)24)27(26-11-6-18-38-26)35-16-14-34(15-17-35)25-10-5-3-8-23(25)30/h2-11,18-20,27,32H,12-17H2,1H3,(H,31,36)(H,33,37)/t20-,27+/m0/s1. The van der Waals surface area contributed by atoms with Gasteiger partial charge in [-0.3, -0.25) is 14.5 Å². The third-order valence-corrected chi connectivity index (χ3v) is 8.07. The Morgan fingerprint density at radius 1 is 1.00 bits per heavy atom. The fourth-order valence-corrected chi connectivity index (χ4v) is 6.20. The lowest BCUT2D eigenvalue weighted by Crippen LogP contribution is -2.54. The number of halogens is 1. The minimum Gasteiger partial charge on any atom is -0.367 e. The first-order valence-corrected chi connectivity index (χ1v) is 13.8. The van der Waals surface area contributed by atoms with E-state index in [4.69, 9.17) is 0 Å². The van der Waals surface area contributed by atoms with Gasteiger partial charge in [0, 0.05) is 60.7 Å². The second-order valence-electron chi connectivity index (χ2n) is 9.56. The van der Waals surface area contributed by atoms with Crippen molar-refractivity contribution in [3.05, 3.63) is 88.5 Å². The molecule has 1 aliphatic heterocycles. The second kappa shape index (κ2) is 11.8. The Labute approximate surface area is 225 Å². The van der Waals surface area contributed by atoms with Crippen molar-refractivity contribution < 1.29 is 14.0 Å². The summed E-state index contributed by atoms with van der Waals surface area (Å²) < 4.78 is 14.3. The number of piperazine rings is 1. The first kappa shape index (κ1) is 25.9. The largest absolute Gasteiger partial charge is 0.367 e. The van der Waals surface area contributed by atoms with Crippen LogP contribution in [0.3, 0.4) is 0 Å². The molecular formula is C29H32FN5O2S. The summed E-state index contributed by atoms with van der Waals surface area (Å²) in [6.45, 7) is 5.09. The lowest BCUT2D eigenvalue weighted by molar-refractivity contribution is -0.139. The zero-order valence-electron chi connectivity index (χ0n) is 21.3. The van der Waals surface area contributed by atoms with Crippen LogP contribution < -0.4 is 15.5 Å². The second-order valence-corrected chi connectivity index (χ2v) is 10.5. The lowest BCUT2D eigenvalue weighted by atomic mass is 10.0. The summed E-state index contributed by atoms with van der Waals surface area (Å²) in [5.41, 5.74) is 2.77. The average Bonchev–Trinajstić information content (AvgIpc) is 3.60. The number of hydrogen-bond donors (Lipinski definition) is 3. The van der Waals surface area contributed by atoms with Crippen molar-refractivity contribution in [2.24, 2.45) is 0 Å². The number of carbonyl (C=O) groups is 2. The maximum Gasteiger partial charge on any atom is 0.309 e. The Balaban J connectivity index is 1.17. The van der Waals surface area contributed by atoms with Crippen LogP contribution in [0.4, 0.5) is 10.1 Å². The number of hydrogen-bond acceptors (Lipinski definition) is 5. The molecule has 38 heavy (non-hydrogen) atoms. The topological polar surface area (TPSA) is 80.5 Å².